The van der Waals surface area contributed by atoms with Crippen molar-refractivity contribution in [2.24, 2.45) is 11.7 Å². The van der Waals surface area contributed by atoms with Gasteiger partial charge in [-0.2, -0.15) is 0 Å². The van der Waals surface area contributed by atoms with Crippen LogP contribution in [0.1, 0.15) is 25.7 Å². The molecule has 1 unspecified atom stereocenters. The highest BCUT2D eigenvalue weighted by Gasteiger charge is 2.27. The van der Waals surface area contributed by atoms with Gasteiger partial charge in [-0.05, 0) is 30.9 Å². The number of nitrogens with two attached hydrogens (primary N) is 1. The third kappa shape index (κ3) is 3.47. The van der Waals surface area contributed by atoms with Crippen LogP contribution < -0.4 is 20.5 Å². The number of nitrogens with one attached hydrogen (secondary N) is 1. The van der Waals surface area contributed by atoms with Gasteiger partial charge in [0.05, 0.1) is 6.54 Å². The first-order chi connectivity index (χ1) is 10.2. The van der Waals surface area contributed by atoms with Crippen LogP contribution in [-0.2, 0) is 4.79 Å². The molecule has 0 bridgehead atoms. The zero-order valence-electron chi connectivity index (χ0n) is 12.1. The number of carbonyl (C=O) groups is 1. The molecule has 3 N–H and O–H groups in total. The molecule has 3 atom stereocenters. The molecule has 1 fully saturated rings. The van der Waals surface area contributed by atoms with Gasteiger partial charge in [0.15, 0.2) is 11.5 Å². The van der Waals surface area contributed by atoms with Gasteiger partial charge < -0.3 is 20.5 Å². The zero-order valence-corrected chi connectivity index (χ0v) is 12.1. The van der Waals surface area contributed by atoms with Crippen LogP contribution >= 0.6 is 0 Å². The van der Waals surface area contributed by atoms with Crippen molar-refractivity contribution in [3.05, 3.63) is 24.3 Å². The van der Waals surface area contributed by atoms with Gasteiger partial charge >= 0.3 is 0 Å². The summed E-state index contributed by atoms with van der Waals surface area (Å²) in [6, 6.07) is 7.75. The molecule has 1 aromatic rings. The Morgan fingerprint density at radius 3 is 2.86 bits per heavy atom. The van der Waals surface area contributed by atoms with E-state index in [0.29, 0.717) is 25.5 Å². The van der Waals surface area contributed by atoms with Gasteiger partial charge in [-0.3, -0.25) is 4.79 Å². The zero-order chi connectivity index (χ0) is 14.7. The molecule has 5 nitrogen and oxygen atoms in total. The molecule has 1 aliphatic carbocycles. The van der Waals surface area contributed by atoms with Gasteiger partial charge in [-0.1, -0.05) is 18.6 Å². The summed E-state index contributed by atoms with van der Waals surface area (Å²) in [6.45, 7) is 0.926. The van der Waals surface area contributed by atoms with E-state index < -0.39 is 0 Å². The van der Waals surface area contributed by atoms with Crippen LogP contribution in [0.2, 0.25) is 0 Å². The summed E-state index contributed by atoms with van der Waals surface area (Å²) in [6.07, 6.45) is 3.61. The van der Waals surface area contributed by atoms with E-state index in [2.05, 4.69) is 5.32 Å². The fraction of sp³-hybridized carbons (Fsp3) is 0.562. The second kappa shape index (κ2) is 6.35. The Morgan fingerprint density at radius 2 is 2.10 bits per heavy atom. The maximum absolute atomic E-state index is 12.0. The third-order valence-electron chi connectivity index (χ3n) is 4.26. The topological polar surface area (TPSA) is 73.6 Å². The van der Waals surface area contributed by atoms with E-state index in [9.17, 15) is 4.79 Å². The van der Waals surface area contributed by atoms with Crippen molar-refractivity contribution < 1.29 is 14.3 Å². The molecule has 0 spiro atoms. The maximum atomic E-state index is 12.0. The lowest BCUT2D eigenvalue weighted by atomic mass is 10.00. The van der Waals surface area contributed by atoms with Crippen molar-refractivity contribution in [2.75, 3.05) is 13.2 Å². The lowest BCUT2D eigenvalue weighted by Gasteiger charge is -2.26. The Labute approximate surface area is 124 Å². The Balaban J connectivity index is 1.44. The molecule has 1 aliphatic heterocycles. The second-order valence-electron chi connectivity index (χ2n) is 5.86. The molecule has 5 heteroatoms. The number of ether oxygens (including phenoxy) is 2. The van der Waals surface area contributed by atoms with E-state index in [-0.39, 0.29) is 18.1 Å². The lowest BCUT2D eigenvalue weighted by molar-refractivity contribution is -0.122. The number of para-hydroxylation sites is 2. The molecule has 0 aromatic heterocycles. The number of rotatable bonds is 4. The van der Waals surface area contributed by atoms with E-state index in [0.717, 1.165) is 30.8 Å². The molecule has 1 heterocycles. The quantitative estimate of drug-likeness (QED) is 0.880. The second-order valence-corrected chi connectivity index (χ2v) is 5.86. The summed E-state index contributed by atoms with van der Waals surface area (Å²) in [7, 11) is 0. The van der Waals surface area contributed by atoms with E-state index in [1.165, 1.54) is 0 Å². The summed E-state index contributed by atoms with van der Waals surface area (Å²) in [5.74, 6) is 1.88. The van der Waals surface area contributed by atoms with Gasteiger partial charge in [-0.25, -0.2) is 0 Å². The summed E-state index contributed by atoms with van der Waals surface area (Å²) in [5.41, 5.74) is 5.99. The minimum absolute atomic E-state index is 0.0554. The highest BCUT2D eigenvalue weighted by atomic mass is 16.6. The first-order valence-electron chi connectivity index (χ1n) is 7.63. The highest BCUT2D eigenvalue weighted by Crippen LogP contribution is 2.30. The van der Waals surface area contributed by atoms with E-state index in [4.69, 9.17) is 15.2 Å². The molecular weight excluding hydrogens is 268 g/mol. The van der Waals surface area contributed by atoms with Crippen LogP contribution in [0.5, 0.6) is 11.5 Å². The molecule has 1 amide bonds. The minimum atomic E-state index is -0.138. The van der Waals surface area contributed by atoms with Crippen LogP contribution in [0.15, 0.2) is 24.3 Å². The van der Waals surface area contributed by atoms with E-state index in [1.54, 1.807) is 0 Å². The van der Waals surface area contributed by atoms with E-state index in [1.807, 2.05) is 24.3 Å². The third-order valence-corrected chi connectivity index (χ3v) is 4.26. The molecule has 2 aliphatic rings. The van der Waals surface area contributed by atoms with Gasteiger partial charge in [-0.15, -0.1) is 0 Å². The molecule has 21 heavy (non-hydrogen) atoms. The average Bonchev–Trinajstić information content (AvgIpc) is 2.90. The Hall–Kier alpha value is -1.75. The first-order valence-corrected chi connectivity index (χ1v) is 7.63. The Bertz CT molecular complexity index is 506. The van der Waals surface area contributed by atoms with Crippen molar-refractivity contribution in [2.45, 2.75) is 37.8 Å². The Morgan fingerprint density at radius 1 is 1.29 bits per heavy atom. The summed E-state index contributed by atoms with van der Waals surface area (Å²) in [5, 5.41) is 2.93. The smallest absolute Gasteiger partial charge is 0.220 e. The van der Waals surface area contributed by atoms with Crippen LogP contribution in [0.25, 0.3) is 0 Å². The fourth-order valence-corrected chi connectivity index (χ4v) is 3.02. The fourth-order valence-electron chi connectivity index (χ4n) is 3.02. The number of fused-ring (bicyclic) bond motifs is 1. The van der Waals surface area contributed by atoms with Gasteiger partial charge in [0, 0.05) is 12.5 Å². The predicted octanol–water partition coefficient (Wildman–Crippen LogP) is 1.46. The SMILES string of the molecule is N[C@@H]1CCC[C@H]1CC(=O)NCC1COc2ccccc2O1. The van der Waals surface area contributed by atoms with Gasteiger partial charge in [0.25, 0.3) is 0 Å². The predicted molar refractivity (Wildman–Crippen MR) is 79.3 cm³/mol. The van der Waals surface area contributed by atoms with Crippen LogP contribution in [0.3, 0.4) is 0 Å². The molecule has 1 saturated carbocycles. The molecule has 1 aromatic carbocycles. The van der Waals surface area contributed by atoms with Gasteiger partial charge in [0.2, 0.25) is 5.91 Å². The highest BCUT2D eigenvalue weighted by molar-refractivity contribution is 5.76. The van der Waals surface area contributed by atoms with Crippen molar-refractivity contribution >= 4 is 5.91 Å². The maximum Gasteiger partial charge on any atom is 0.220 e. The largest absolute Gasteiger partial charge is 0.486 e. The van der Waals surface area contributed by atoms with Crippen LogP contribution in [0.4, 0.5) is 0 Å². The average molecular weight is 290 g/mol. The van der Waals surface area contributed by atoms with Crippen molar-refractivity contribution in [1.29, 1.82) is 0 Å². The standard InChI is InChI=1S/C16H22N2O3/c17-13-5-3-4-11(13)8-16(19)18-9-12-10-20-14-6-1-2-7-15(14)21-12/h1-2,6-7,11-13H,3-5,8-10,17H2,(H,18,19)/t11-,12?,13+/m0/s1. The number of benzene rings is 1. The van der Waals surface area contributed by atoms with Crippen molar-refractivity contribution in [3.63, 3.8) is 0 Å². The van der Waals surface area contributed by atoms with E-state index >= 15 is 0 Å². The number of hydrogen-bond donors (Lipinski definition) is 2. The van der Waals surface area contributed by atoms with Gasteiger partial charge in [0.1, 0.15) is 12.7 Å². The normalized spacial score (nSPS) is 27.4. The van der Waals surface area contributed by atoms with Crippen molar-refractivity contribution in [1.82, 2.24) is 5.32 Å². The van der Waals surface area contributed by atoms with Crippen molar-refractivity contribution in [3.8, 4) is 11.5 Å². The Kier molecular flexibility index (Phi) is 4.29. The molecule has 3 rings (SSSR count). The summed E-state index contributed by atoms with van der Waals surface area (Å²) < 4.78 is 11.4. The number of carbonyl (C=O) groups excluding carboxylic acids is 1. The summed E-state index contributed by atoms with van der Waals surface area (Å²) in [4.78, 5) is 12.0. The number of hydrogen-bond acceptors (Lipinski definition) is 4. The lowest BCUT2D eigenvalue weighted by Crippen LogP contribution is -2.41. The molecule has 0 saturated heterocycles. The first kappa shape index (κ1) is 14.2. The molecule has 0 radical (unpaired) electrons. The molecule has 114 valence electrons. The number of amides is 1. The minimum Gasteiger partial charge on any atom is -0.486 e. The molecular formula is C16H22N2O3. The van der Waals surface area contributed by atoms with Crippen LogP contribution in [-0.4, -0.2) is 31.2 Å². The monoisotopic (exact) mass is 290 g/mol. The van der Waals surface area contributed by atoms with Crippen LogP contribution in [0, 0.1) is 5.92 Å². The summed E-state index contributed by atoms with van der Waals surface area (Å²) >= 11 is 0.